The van der Waals surface area contributed by atoms with Crippen LogP contribution in [0.4, 0.5) is 11.5 Å². The zero-order valence-electron chi connectivity index (χ0n) is 9.65. The average Bonchev–Trinajstić information content (AvgIpc) is 2.32. The molecule has 0 saturated carbocycles. The van der Waals surface area contributed by atoms with Crippen molar-refractivity contribution in [2.75, 3.05) is 12.4 Å². The molecular weight excluding hydrogens is 318 g/mol. The van der Waals surface area contributed by atoms with E-state index in [0.29, 0.717) is 23.4 Å². The predicted octanol–water partition coefficient (Wildman–Crippen LogP) is 3.78. The molecule has 0 saturated heterocycles. The van der Waals surface area contributed by atoms with Crippen molar-refractivity contribution in [1.82, 2.24) is 9.97 Å². The van der Waals surface area contributed by atoms with Crippen molar-refractivity contribution in [3.63, 3.8) is 0 Å². The van der Waals surface area contributed by atoms with E-state index < -0.39 is 0 Å². The number of para-hydroxylation sites is 1. The summed E-state index contributed by atoms with van der Waals surface area (Å²) in [5.41, 5.74) is 0.913. The second-order valence-corrected chi connectivity index (χ2v) is 4.77. The lowest BCUT2D eigenvalue weighted by Crippen LogP contribution is -2.01. The molecule has 1 heterocycles. The minimum Gasteiger partial charge on any atom is -0.377 e. The largest absolute Gasteiger partial charge is 0.377 e. The van der Waals surface area contributed by atoms with E-state index in [1.165, 1.54) is 0 Å². The van der Waals surface area contributed by atoms with Crippen LogP contribution in [0.5, 0.6) is 0 Å². The van der Waals surface area contributed by atoms with Gasteiger partial charge in [-0.3, -0.25) is 0 Å². The van der Waals surface area contributed by atoms with Gasteiger partial charge < -0.3 is 10.1 Å². The number of ether oxygens (including phenoxy) is 1. The summed E-state index contributed by atoms with van der Waals surface area (Å²) in [6.45, 7) is 0.325. The van der Waals surface area contributed by atoms with Crippen molar-refractivity contribution >= 4 is 39.0 Å². The van der Waals surface area contributed by atoms with Crippen LogP contribution in [-0.2, 0) is 11.3 Å². The maximum Gasteiger partial charge on any atom is 0.158 e. The molecule has 0 aliphatic heterocycles. The Labute approximate surface area is 118 Å². The highest BCUT2D eigenvalue weighted by Gasteiger charge is 2.05. The van der Waals surface area contributed by atoms with Crippen molar-refractivity contribution in [3.05, 3.63) is 45.8 Å². The Hall–Kier alpha value is -1.17. The number of methoxy groups -OCH3 is 1. The van der Waals surface area contributed by atoms with Crippen LogP contribution in [0.2, 0.25) is 5.15 Å². The van der Waals surface area contributed by atoms with Crippen LogP contribution in [-0.4, -0.2) is 17.1 Å². The first-order valence-electron chi connectivity index (χ1n) is 5.23. The molecule has 0 aliphatic carbocycles. The molecular formula is C12H11BrClN3O. The number of nitrogens with zero attached hydrogens (tertiary/aromatic N) is 2. The zero-order chi connectivity index (χ0) is 13.0. The SMILES string of the molecule is COCc1nc(Cl)cc(Nc2ccccc2Br)n1. The zero-order valence-corrected chi connectivity index (χ0v) is 12.0. The van der Waals surface area contributed by atoms with Crippen molar-refractivity contribution in [3.8, 4) is 0 Å². The van der Waals surface area contributed by atoms with Gasteiger partial charge in [0, 0.05) is 17.6 Å². The molecule has 0 amide bonds. The van der Waals surface area contributed by atoms with Gasteiger partial charge in [-0.05, 0) is 28.1 Å². The maximum absolute atomic E-state index is 5.93. The summed E-state index contributed by atoms with van der Waals surface area (Å²) in [5.74, 6) is 1.17. The summed E-state index contributed by atoms with van der Waals surface area (Å²) < 4.78 is 5.94. The van der Waals surface area contributed by atoms with E-state index in [4.69, 9.17) is 16.3 Å². The summed E-state index contributed by atoms with van der Waals surface area (Å²) in [4.78, 5) is 8.37. The van der Waals surface area contributed by atoms with Crippen LogP contribution >= 0.6 is 27.5 Å². The quantitative estimate of drug-likeness (QED) is 0.868. The number of benzene rings is 1. The Balaban J connectivity index is 2.26. The first kappa shape index (κ1) is 13.3. The number of anilines is 2. The van der Waals surface area contributed by atoms with E-state index in [9.17, 15) is 0 Å². The first-order chi connectivity index (χ1) is 8.69. The highest BCUT2D eigenvalue weighted by Crippen LogP contribution is 2.25. The Morgan fingerprint density at radius 3 is 2.83 bits per heavy atom. The van der Waals surface area contributed by atoms with Gasteiger partial charge in [0.2, 0.25) is 0 Å². The van der Waals surface area contributed by atoms with Gasteiger partial charge in [-0.2, -0.15) is 0 Å². The van der Waals surface area contributed by atoms with Crippen LogP contribution in [0, 0.1) is 0 Å². The fraction of sp³-hybridized carbons (Fsp3) is 0.167. The number of rotatable bonds is 4. The fourth-order valence-corrected chi connectivity index (χ4v) is 2.01. The molecule has 18 heavy (non-hydrogen) atoms. The highest BCUT2D eigenvalue weighted by atomic mass is 79.9. The third-order valence-electron chi connectivity index (χ3n) is 2.15. The molecule has 0 spiro atoms. The Bertz CT molecular complexity index is 551. The molecule has 0 fully saturated rings. The molecule has 2 rings (SSSR count). The number of halogens is 2. The molecule has 1 N–H and O–H groups in total. The lowest BCUT2D eigenvalue weighted by molar-refractivity contribution is 0.178. The molecule has 6 heteroatoms. The van der Waals surface area contributed by atoms with E-state index >= 15 is 0 Å². The highest BCUT2D eigenvalue weighted by molar-refractivity contribution is 9.10. The van der Waals surface area contributed by atoms with Crippen LogP contribution < -0.4 is 5.32 Å². The summed E-state index contributed by atoms with van der Waals surface area (Å²) in [5, 5.41) is 3.55. The molecule has 0 aliphatic rings. The second kappa shape index (κ2) is 6.13. The van der Waals surface area contributed by atoms with Gasteiger partial charge in [-0.15, -0.1) is 0 Å². The molecule has 2 aromatic rings. The molecule has 1 aromatic carbocycles. The third kappa shape index (κ3) is 3.41. The van der Waals surface area contributed by atoms with Gasteiger partial charge in [-0.25, -0.2) is 9.97 Å². The van der Waals surface area contributed by atoms with Gasteiger partial charge in [-0.1, -0.05) is 23.7 Å². The minimum atomic E-state index is 0.325. The molecule has 0 unspecified atom stereocenters. The van der Waals surface area contributed by atoms with E-state index in [1.807, 2.05) is 24.3 Å². The van der Waals surface area contributed by atoms with Gasteiger partial charge in [0.15, 0.2) is 5.82 Å². The third-order valence-corrected chi connectivity index (χ3v) is 3.04. The number of aromatic nitrogens is 2. The minimum absolute atomic E-state index is 0.325. The second-order valence-electron chi connectivity index (χ2n) is 3.53. The summed E-state index contributed by atoms with van der Waals surface area (Å²) in [7, 11) is 1.59. The summed E-state index contributed by atoms with van der Waals surface area (Å²) in [6.07, 6.45) is 0. The lowest BCUT2D eigenvalue weighted by Gasteiger charge is -2.09. The number of hydrogen-bond acceptors (Lipinski definition) is 4. The number of hydrogen-bond donors (Lipinski definition) is 1. The Morgan fingerprint density at radius 1 is 1.33 bits per heavy atom. The molecule has 0 bridgehead atoms. The van der Waals surface area contributed by atoms with Crippen molar-refractivity contribution in [2.45, 2.75) is 6.61 Å². The topological polar surface area (TPSA) is 47.0 Å². The van der Waals surface area contributed by atoms with Gasteiger partial charge in [0.25, 0.3) is 0 Å². The Kier molecular flexibility index (Phi) is 4.52. The van der Waals surface area contributed by atoms with Crippen molar-refractivity contribution in [1.29, 1.82) is 0 Å². The molecule has 1 aromatic heterocycles. The van der Waals surface area contributed by atoms with Gasteiger partial charge in [0.1, 0.15) is 17.6 Å². The van der Waals surface area contributed by atoms with E-state index in [-0.39, 0.29) is 0 Å². The molecule has 94 valence electrons. The Morgan fingerprint density at radius 2 is 2.11 bits per heavy atom. The van der Waals surface area contributed by atoms with E-state index in [2.05, 4.69) is 31.2 Å². The smallest absolute Gasteiger partial charge is 0.158 e. The molecule has 0 radical (unpaired) electrons. The molecule has 4 nitrogen and oxygen atoms in total. The molecule has 0 atom stereocenters. The average molecular weight is 329 g/mol. The van der Waals surface area contributed by atoms with Gasteiger partial charge in [0.05, 0.1) is 5.69 Å². The monoisotopic (exact) mass is 327 g/mol. The van der Waals surface area contributed by atoms with Crippen LogP contribution in [0.15, 0.2) is 34.8 Å². The van der Waals surface area contributed by atoms with Crippen molar-refractivity contribution in [2.24, 2.45) is 0 Å². The van der Waals surface area contributed by atoms with E-state index in [1.54, 1.807) is 13.2 Å². The summed E-state index contributed by atoms with van der Waals surface area (Å²) in [6, 6.07) is 9.43. The van der Waals surface area contributed by atoms with E-state index in [0.717, 1.165) is 10.2 Å². The van der Waals surface area contributed by atoms with Crippen LogP contribution in [0.25, 0.3) is 0 Å². The number of nitrogens with one attached hydrogen (secondary N) is 1. The lowest BCUT2D eigenvalue weighted by atomic mass is 10.3. The van der Waals surface area contributed by atoms with Crippen molar-refractivity contribution < 1.29 is 4.74 Å². The van der Waals surface area contributed by atoms with Crippen LogP contribution in [0.3, 0.4) is 0 Å². The maximum atomic E-state index is 5.93. The standard InChI is InChI=1S/C12H11BrClN3O/c1-18-7-12-16-10(14)6-11(17-12)15-9-5-3-2-4-8(9)13/h2-6H,7H2,1H3,(H,15,16,17). The summed E-state index contributed by atoms with van der Waals surface area (Å²) >= 11 is 9.39. The fourth-order valence-electron chi connectivity index (χ4n) is 1.42. The predicted molar refractivity (Wildman–Crippen MR) is 75.2 cm³/mol. The van der Waals surface area contributed by atoms with Crippen LogP contribution in [0.1, 0.15) is 5.82 Å². The normalized spacial score (nSPS) is 10.4. The van der Waals surface area contributed by atoms with Gasteiger partial charge >= 0.3 is 0 Å². The first-order valence-corrected chi connectivity index (χ1v) is 6.40.